The SMILES string of the molecule is O=C(NCCCN1CCCC1=O)C1CCCN1c1nnc(N2CCCC2=O)s1. The van der Waals surface area contributed by atoms with Gasteiger partial charge in [0.15, 0.2) is 0 Å². The van der Waals surface area contributed by atoms with E-state index in [0.717, 1.165) is 45.2 Å². The molecule has 1 aromatic rings. The van der Waals surface area contributed by atoms with E-state index in [9.17, 15) is 14.4 Å². The van der Waals surface area contributed by atoms with Crippen molar-refractivity contribution in [3.05, 3.63) is 0 Å². The molecule has 3 aliphatic rings. The fraction of sp³-hybridized carbons (Fsp3) is 0.722. The summed E-state index contributed by atoms with van der Waals surface area (Å²) in [7, 11) is 0. The predicted octanol–water partition coefficient (Wildman–Crippen LogP) is 0.762. The molecule has 0 spiro atoms. The Morgan fingerprint density at radius 3 is 2.57 bits per heavy atom. The fourth-order valence-electron chi connectivity index (χ4n) is 4.09. The maximum absolute atomic E-state index is 12.7. The zero-order valence-electron chi connectivity index (χ0n) is 15.9. The second-order valence-electron chi connectivity index (χ2n) is 7.50. The minimum Gasteiger partial charge on any atom is -0.354 e. The van der Waals surface area contributed by atoms with E-state index >= 15 is 0 Å². The monoisotopic (exact) mass is 406 g/mol. The highest BCUT2D eigenvalue weighted by molar-refractivity contribution is 7.19. The van der Waals surface area contributed by atoms with Gasteiger partial charge in [-0.15, -0.1) is 10.2 Å². The molecule has 1 N–H and O–H groups in total. The number of hydrogen-bond acceptors (Lipinski definition) is 7. The van der Waals surface area contributed by atoms with Crippen LogP contribution in [0.1, 0.15) is 44.9 Å². The van der Waals surface area contributed by atoms with Gasteiger partial charge in [0, 0.05) is 45.6 Å². The van der Waals surface area contributed by atoms with Gasteiger partial charge in [-0.2, -0.15) is 0 Å². The molecule has 0 saturated carbocycles. The van der Waals surface area contributed by atoms with E-state index in [4.69, 9.17) is 0 Å². The number of hydrogen-bond donors (Lipinski definition) is 1. The third-order valence-electron chi connectivity index (χ3n) is 5.58. The largest absolute Gasteiger partial charge is 0.354 e. The first kappa shape index (κ1) is 19.1. The van der Waals surface area contributed by atoms with Crippen molar-refractivity contribution in [2.24, 2.45) is 0 Å². The number of carbonyl (C=O) groups excluding carboxylic acids is 3. The highest BCUT2D eigenvalue weighted by Crippen LogP contribution is 2.33. The summed E-state index contributed by atoms with van der Waals surface area (Å²) in [6.45, 7) is 3.57. The molecule has 152 valence electrons. The summed E-state index contributed by atoms with van der Waals surface area (Å²) in [5, 5.41) is 12.8. The number of aromatic nitrogens is 2. The lowest BCUT2D eigenvalue weighted by Gasteiger charge is -2.23. The van der Waals surface area contributed by atoms with E-state index in [0.29, 0.717) is 42.7 Å². The van der Waals surface area contributed by atoms with Crippen molar-refractivity contribution >= 4 is 39.3 Å². The van der Waals surface area contributed by atoms with Crippen molar-refractivity contribution in [3.63, 3.8) is 0 Å². The Balaban J connectivity index is 1.29. The van der Waals surface area contributed by atoms with Gasteiger partial charge < -0.3 is 15.1 Å². The smallest absolute Gasteiger partial charge is 0.242 e. The van der Waals surface area contributed by atoms with Crippen LogP contribution in [0, 0.1) is 0 Å². The van der Waals surface area contributed by atoms with Crippen molar-refractivity contribution in [1.29, 1.82) is 0 Å². The quantitative estimate of drug-likeness (QED) is 0.672. The van der Waals surface area contributed by atoms with Crippen LogP contribution in [0.15, 0.2) is 0 Å². The lowest BCUT2D eigenvalue weighted by Crippen LogP contribution is -2.44. The fourth-order valence-corrected chi connectivity index (χ4v) is 5.06. The average Bonchev–Trinajstić information content (AvgIpc) is 3.45. The second-order valence-corrected chi connectivity index (χ2v) is 8.43. The summed E-state index contributed by atoms with van der Waals surface area (Å²) in [5.74, 6) is 0.311. The van der Waals surface area contributed by atoms with Crippen LogP contribution in [0.2, 0.25) is 0 Å². The number of rotatable bonds is 7. The van der Waals surface area contributed by atoms with Crippen molar-refractivity contribution in [1.82, 2.24) is 20.4 Å². The van der Waals surface area contributed by atoms with E-state index in [1.165, 1.54) is 11.3 Å². The minimum atomic E-state index is -0.247. The Bertz CT molecular complexity index is 753. The first-order valence-corrected chi connectivity index (χ1v) is 10.9. The molecule has 3 fully saturated rings. The van der Waals surface area contributed by atoms with Crippen LogP contribution >= 0.6 is 11.3 Å². The first-order valence-electron chi connectivity index (χ1n) is 10.1. The van der Waals surface area contributed by atoms with Gasteiger partial charge in [0.2, 0.25) is 28.0 Å². The third-order valence-corrected chi connectivity index (χ3v) is 6.57. The van der Waals surface area contributed by atoms with Gasteiger partial charge in [0.05, 0.1) is 0 Å². The molecule has 1 atom stereocenters. The minimum absolute atomic E-state index is 0.000697. The van der Waals surface area contributed by atoms with E-state index in [2.05, 4.69) is 15.5 Å². The molecule has 3 aliphatic heterocycles. The Kier molecular flexibility index (Phi) is 5.74. The molecule has 1 unspecified atom stereocenters. The van der Waals surface area contributed by atoms with E-state index in [1.807, 2.05) is 9.80 Å². The molecular weight excluding hydrogens is 380 g/mol. The predicted molar refractivity (Wildman–Crippen MR) is 105 cm³/mol. The molecule has 0 radical (unpaired) electrons. The number of anilines is 2. The zero-order valence-corrected chi connectivity index (χ0v) is 16.7. The van der Waals surface area contributed by atoms with Crippen LogP contribution in [-0.2, 0) is 14.4 Å². The Morgan fingerprint density at radius 1 is 1.04 bits per heavy atom. The average molecular weight is 407 g/mol. The van der Waals surface area contributed by atoms with Gasteiger partial charge in [-0.1, -0.05) is 11.3 Å². The topological polar surface area (TPSA) is 98.7 Å². The molecule has 3 saturated heterocycles. The summed E-state index contributed by atoms with van der Waals surface area (Å²) in [6, 6.07) is -0.247. The van der Waals surface area contributed by atoms with Gasteiger partial charge in [-0.25, -0.2) is 0 Å². The highest BCUT2D eigenvalue weighted by Gasteiger charge is 2.34. The van der Waals surface area contributed by atoms with Crippen molar-refractivity contribution < 1.29 is 14.4 Å². The van der Waals surface area contributed by atoms with Crippen LogP contribution < -0.4 is 15.1 Å². The molecule has 3 amide bonds. The Labute approximate surface area is 168 Å². The molecular formula is C18H26N6O3S. The lowest BCUT2D eigenvalue weighted by molar-refractivity contribution is -0.127. The van der Waals surface area contributed by atoms with Crippen LogP contribution in [0.25, 0.3) is 0 Å². The maximum Gasteiger partial charge on any atom is 0.242 e. The first-order chi connectivity index (χ1) is 13.6. The van der Waals surface area contributed by atoms with Crippen LogP contribution in [0.5, 0.6) is 0 Å². The zero-order chi connectivity index (χ0) is 19.5. The number of nitrogens with zero attached hydrogens (tertiary/aromatic N) is 5. The summed E-state index contributed by atoms with van der Waals surface area (Å²) < 4.78 is 0. The summed E-state index contributed by atoms with van der Waals surface area (Å²) in [4.78, 5) is 41.7. The summed E-state index contributed by atoms with van der Waals surface area (Å²) >= 11 is 1.38. The van der Waals surface area contributed by atoms with Gasteiger partial charge >= 0.3 is 0 Å². The molecule has 28 heavy (non-hydrogen) atoms. The third kappa shape index (κ3) is 3.96. The van der Waals surface area contributed by atoms with E-state index < -0.39 is 0 Å². The maximum atomic E-state index is 12.7. The molecule has 1 aromatic heterocycles. The second kappa shape index (κ2) is 8.42. The summed E-state index contributed by atoms with van der Waals surface area (Å²) in [5.41, 5.74) is 0. The molecule has 0 aliphatic carbocycles. The van der Waals surface area contributed by atoms with Crippen molar-refractivity contribution in [2.45, 2.75) is 51.0 Å². The lowest BCUT2D eigenvalue weighted by atomic mass is 10.2. The number of likely N-dealkylation sites (tertiary alicyclic amines) is 1. The van der Waals surface area contributed by atoms with E-state index in [-0.39, 0.29) is 23.8 Å². The van der Waals surface area contributed by atoms with Crippen molar-refractivity contribution in [2.75, 3.05) is 42.5 Å². The normalized spacial score (nSPS) is 22.6. The molecule has 10 heteroatoms. The highest BCUT2D eigenvalue weighted by atomic mass is 32.1. The molecule has 0 aromatic carbocycles. The standard InChI is InChI=1S/C18H26N6O3S/c25-14-6-2-9-22(14)10-4-8-19-16(27)13-5-1-11-23(13)17-20-21-18(28-17)24-12-3-7-15(24)26/h13H,1-12H2,(H,19,27). The van der Waals surface area contributed by atoms with Crippen molar-refractivity contribution in [3.8, 4) is 0 Å². The number of amides is 3. The van der Waals surface area contributed by atoms with Gasteiger partial charge in [-0.3, -0.25) is 19.3 Å². The molecule has 4 rings (SSSR count). The Hall–Kier alpha value is -2.23. The van der Waals surface area contributed by atoms with Crippen LogP contribution in [-0.4, -0.2) is 71.6 Å². The van der Waals surface area contributed by atoms with Gasteiger partial charge in [0.25, 0.3) is 0 Å². The number of nitrogens with one attached hydrogen (secondary N) is 1. The van der Waals surface area contributed by atoms with Crippen LogP contribution in [0.3, 0.4) is 0 Å². The molecule has 9 nitrogen and oxygen atoms in total. The number of carbonyl (C=O) groups is 3. The molecule has 0 bridgehead atoms. The Morgan fingerprint density at radius 2 is 1.82 bits per heavy atom. The van der Waals surface area contributed by atoms with E-state index in [1.54, 1.807) is 4.90 Å². The van der Waals surface area contributed by atoms with Gasteiger partial charge in [-0.05, 0) is 32.1 Å². The molecule has 4 heterocycles. The van der Waals surface area contributed by atoms with Gasteiger partial charge in [0.1, 0.15) is 6.04 Å². The van der Waals surface area contributed by atoms with Crippen LogP contribution in [0.4, 0.5) is 10.3 Å². The summed E-state index contributed by atoms with van der Waals surface area (Å²) in [6.07, 6.45) is 5.49.